The summed E-state index contributed by atoms with van der Waals surface area (Å²) in [6, 6.07) is 7.40. The van der Waals surface area contributed by atoms with Gasteiger partial charge in [0.05, 0.1) is 5.60 Å². The van der Waals surface area contributed by atoms with Gasteiger partial charge in [-0.25, -0.2) is 5.84 Å². The molecule has 110 valence electrons. The van der Waals surface area contributed by atoms with Crippen LogP contribution in [0.4, 0.5) is 0 Å². The van der Waals surface area contributed by atoms with E-state index < -0.39 is 5.60 Å². The molecule has 0 radical (unpaired) electrons. The molecule has 1 aliphatic rings. The highest BCUT2D eigenvalue weighted by Crippen LogP contribution is 2.30. The highest BCUT2D eigenvalue weighted by molar-refractivity contribution is 5.95. The van der Waals surface area contributed by atoms with Gasteiger partial charge in [0.1, 0.15) is 0 Å². The number of rotatable bonds is 5. The minimum absolute atomic E-state index is 0.284. The minimum Gasteiger partial charge on any atom is -0.389 e. The highest BCUT2D eigenvalue weighted by Gasteiger charge is 2.32. The van der Waals surface area contributed by atoms with Gasteiger partial charge in [-0.3, -0.25) is 15.1 Å². The molecule has 1 fully saturated rings. The van der Waals surface area contributed by atoms with Gasteiger partial charge in [-0.15, -0.1) is 0 Å². The summed E-state index contributed by atoms with van der Waals surface area (Å²) in [6.45, 7) is 1.25. The second-order valence-electron chi connectivity index (χ2n) is 5.73. The van der Waals surface area contributed by atoms with Crippen LogP contribution in [-0.4, -0.2) is 35.1 Å². The van der Waals surface area contributed by atoms with E-state index in [0.717, 1.165) is 31.2 Å². The van der Waals surface area contributed by atoms with Gasteiger partial charge in [0, 0.05) is 18.7 Å². The Morgan fingerprint density at radius 1 is 1.40 bits per heavy atom. The van der Waals surface area contributed by atoms with Crippen molar-refractivity contribution in [2.45, 2.75) is 37.8 Å². The SMILES string of the molecule is CN(Cc1ccccc1C(=O)NN)CC1(O)CCCC1. The van der Waals surface area contributed by atoms with Crippen molar-refractivity contribution in [3.8, 4) is 0 Å². The summed E-state index contributed by atoms with van der Waals surface area (Å²) < 4.78 is 0. The molecule has 1 aromatic rings. The lowest BCUT2D eigenvalue weighted by atomic mass is 10.0. The van der Waals surface area contributed by atoms with Gasteiger partial charge in [-0.05, 0) is 31.5 Å². The van der Waals surface area contributed by atoms with Crippen LogP contribution in [0.3, 0.4) is 0 Å². The number of aliphatic hydroxyl groups is 1. The smallest absolute Gasteiger partial charge is 0.265 e. The largest absolute Gasteiger partial charge is 0.389 e. The van der Waals surface area contributed by atoms with E-state index in [1.807, 2.05) is 25.2 Å². The normalized spacial score (nSPS) is 17.4. The van der Waals surface area contributed by atoms with Crippen molar-refractivity contribution < 1.29 is 9.90 Å². The third kappa shape index (κ3) is 3.56. The summed E-state index contributed by atoms with van der Waals surface area (Å²) >= 11 is 0. The molecule has 1 aromatic carbocycles. The first-order valence-corrected chi connectivity index (χ1v) is 7.04. The zero-order chi connectivity index (χ0) is 14.6. The van der Waals surface area contributed by atoms with Crippen molar-refractivity contribution in [2.24, 2.45) is 5.84 Å². The van der Waals surface area contributed by atoms with Crippen LogP contribution in [0.15, 0.2) is 24.3 Å². The molecule has 2 rings (SSSR count). The first-order chi connectivity index (χ1) is 9.54. The second-order valence-corrected chi connectivity index (χ2v) is 5.73. The number of carbonyl (C=O) groups is 1. The van der Waals surface area contributed by atoms with E-state index >= 15 is 0 Å². The number of carbonyl (C=O) groups excluding carboxylic acids is 1. The molecule has 0 bridgehead atoms. The van der Waals surface area contributed by atoms with Gasteiger partial charge in [0.2, 0.25) is 0 Å². The summed E-state index contributed by atoms with van der Waals surface area (Å²) in [7, 11) is 1.97. The molecule has 1 saturated carbocycles. The average Bonchev–Trinajstić information content (AvgIpc) is 2.84. The monoisotopic (exact) mass is 277 g/mol. The Labute approximate surface area is 119 Å². The Hall–Kier alpha value is -1.43. The standard InChI is InChI=1S/C15H23N3O2/c1-18(11-15(20)8-4-5-9-15)10-12-6-2-3-7-13(12)14(19)17-16/h2-3,6-7,20H,4-5,8-11,16H2,1H3,(H,17,19). The van der Waals surface area contributed by atoms with Crippen LogP contribution in [0.2, 0.25) is 0 Å². The Morgan fingerprint density at radius 2 is 2.05 bits per heavy atom. The molecular formula is C15H23N3O2. The number of nitrogens with zero attached hydrogens (tertiary/aromatic N) is 1. The molecule has 0 heterocycles. The fraction of sp³-hybridized carbons (Fsp3) is 0.533. The Balaban J connectivity index is 2.04. The van der Waals surface area contributed by atoms with Gasteiger partial charge in [-0.2, -0.15) is 0 Å². The lowest BCUT2D eigenvalue weighted by molar-refractivity contribution is 0.0145. The molecular weight excluding hydrogens is 254 g/mol. The second kappa shape index (κ2) is 6.35. The molecule has 0 spiro atoms. The number of nitrogens with two attached hydrogens (primary N) is 1. The maximum atomic E-state index is 11.7. The molecule has 1 amide bonds. The Morgan fingerprint density at radius 3 is 2.70 bits per heavy atom. The zero-order valence-corrected chi connectivity index (χ0v) is 11.9. The fourth-order valence-electron chi connectivity index (χ4n) is 3.00. The van der Waals surface area contributed by atoms with Crippen molar-refractivity contribution in [1.29, 1.82) is 0 Å². The van der Waals surface area contributed by atoms with E-state index in [2.05, 4.69) is 10.3 Å². The van der Waals surface area contributed by atoms with Crippen molar-refractivity contribution >= 4 is 5.91 Å². The molecule has 0 aliphatic heterocycles. The van der Waals surface area contributed by atoms with Crippen LogP contribution in [0.5, 0.6) is 0 Å². The van der Waals surface area contributed by atoms with Crippen LogP contribution < -0.4 is 11.3 Å². The van der Waals surface area contributed by atoms with E-state index in [1.165, 1.54) is 0 Å². The summed E-state index contributed by atoms with van der Waals surface area (Å²) in [6.07, 6.45) is 3.91. The van der Waals surface area contributed by atoms with Gasteiger partial charge < -0.3 is 5.11 Å². The number of nitrogens with one attached hydrogen (secondary N) is 1. The first kappa shape index (κ1) is 15.0. The summed E-state index contributed by atoms with van der Waals surface area (Å²) in [5.41, 5.74) is 3.10. The number of benzene rings is 1. The van der Waals surface area contributed by atoms with E-state index in [0.29, 0.717) is 18.7 Å². The molecule has 0 saturated heterocycles. The van der Waals surface area contributed by atoms with Crippen molar-refractivity contribution in [3.63, 3.8) is 0 Å². The quantitative estimate of drug-likeness (QED) is 0.427. The van der Waals surface area contributed by atoms with E-state index in [4.69, 9.17) is 5.84 Å². The van der Waals surface area contributed by atoms with Crippen LogP contribution in [0.1, 0.15) is 41.6 Å². The minimum atomic E-state index is -0.570. The first-order valence-electron chi connectivity index (χ1n) is 7.04. The molecule has 4 N–H and O–H groups in total. The zero-order valence-electron chi connectivity index (χ0n) is 11.9. The summed E-state index contributed by atoms with van der Waals surface area (Å²) in [4.78, 5) is 13.8. The third-order valence-corrected chi connectivity index (χ3v) is 3.93. The topological polar surface area (TPSA) is 78.6 Å². The van der Waals surface area contributed by atoms with E-state index in [-0.39, 0.29) is 5.91 Å². The molecule has 0 atom stereocenters. The van der Waals surface area contributed by atoms with Gasteiger partial charge >= 0.3 is 0 Å². The van der Waals surface area contributed by atoms with Gasteiger partial charge in [-0.1, -0.05) is 31.0 Å². The lowest BCUT2D eigenvalue weighted by Gasteiger charge is -2.29. The predicted molar refractivity (Wildman–Crippen MR) is 77.8 cm³/mol. The number of amides is 1. The van der Waals surface area contributed by atoms with Crippen LogP contribution >= 0.6 is 0 Å². The Kier molecular flexibility index (Phi) is 4.75. The third-order valence-electron chi connectivity index (χ3n) is 3.93. The highest BCUT2D eigenvalue weighted by atomic mass is 16.3. The average molecular weight is 277 g/mol. The summed E-state index contributed by atoms with van der Waals surface area (Å²) in [5.74, 6) is 4.92. The molecule has 5 heteroatoms. The number of hydrogen-bond acceptors (Lipinski definition) is 4. The Bertz CT molecular complexity index is 470. The van der Waals surface area contributed by atoms with Gasteiger partial charge in [0.25, 0.3) is 5.91 Å². The molecule has 20 heavy (non-hydrogen) atoms. The van der Waals surface area contributed by atoms with Gasteiger partial charge in [0.15, 0.2) is 0 Å². The molecule has 0 aromatic heterocycles. The molecule has 1 aliphatic carbocycles. The lowest BCUT2D eigenvalue weighted by Crippen LogP contribution is -2.39. The van der Waals surface area contributed by atoms with Crippen LogP contribution in [-0.2, 0) is 6.54 Å². The van der Waals surface area contributed by atoms with E-state index in [9.17, 15) is 9.90 Å². The number of nitrogen functional groups attached to an aromatic ring is 1. The van der Waals surface area contributed by atoms with E-state index in [1.54, 1.807) is 6.07 Å². The number of hydrazine groups is 1. The van der Waals surface area contributed by atoms with Crippen molar-refractivity contribution in [1.82, 2.24) is 10.3 Å². The maximum Gasteiger partial charge on any atom is 0.265 e. The van der Waals surface area contributed by atoms with Crippen LogP contribution in [0.25, 0.3) is 0 Å². The van der Waals surface area contributed by atoms with Crippen LogP contribution in [0, 0.1) is 0 Å². The fourth-order valence-corrected chi connectivity index (χ4v) is 3.00. The van der Waals surface area contributed by atoms with Crippen molar-refractivity contribution in [2.75, 3.05) is 13.6 Å². The summed E-state index contributed by atoms with van der Waals surface area (Å²) in [5, 5.41) is 10.4. The molecule has 0 unspecified atom stereocenters. The predicted octanol–water partition coefficient (Wildman–Crippen LogP) is 1.03. The number of hydrogen-bond donors (Lipinski definition) is 3. The molecule has 5 nitrogen and oxygen atoms in total. The van der Waals surface area contributed by atoms with Crippen molar-refractivity contribution in [3.05, 3.63) is 35.4 Å². The maximum absolute atomic E-state index is 11.7. The number of likely N-dealkylation sites (N-methyl/N-ethyl adjacent to an activating group) is 1.